The first kappa shape index (κ1) is 16.2. The summed E-state index contributed by atoms with van der Waals surface area (Å²) in [7, 11) is 0. The van der Waals surface area contributed by atoms with Crippen molar-refractivity contribution in [1.29, 1.82) is 0 Å². The van der Waals surface area contributed by atoms with E-state index in [-0.39, 0.29) is 24.2 Å². The lowest BCUT2D eigenvalue weighted by molar-refractivity contribution is -0.128. The fourth-order valence-corrected chi connectivity index (χ4v) is 3.19. The predicted molar refractivity (Wildman–Crippen MR) is 98.1 cm³/mol. The highest BCUT2D eigenvalue weighted by Crippen LogP contribution is 2.23. The van der Waals surface area contributed by atoms with Crippen LogP contribution in [0.2, 0.25) is 0 Å². The molecule has 1 aliphatic rings. The minimum absolute atomic E-state index is 0.0153. The lowest BCUT2D eigenvalue weighted by atomic mass is 10.1. The predicted octanol–water partition coefficient (Wildman–Crippen LogP) is 2.62. The van der Waals surface area contributed by atoms with Crippen LogP contribution < -0.4 is 5.32 Å². The van der Waals surface area contributed by atoms with Gasteiger partial charge in [-0.2, -0.15) is 0 Å². The third-order valence-electron chi connectivity index (χ3n) is 4.53. The van der Waals surface area contributed by atoms with Gasteiger partial charge < -0.3 is 10.2 Å². The van der Waals surface area contributed by atoms with E-state index in [9.17, 15) is 9.59 Å². The molecule has 1 fully saturated rings. The Bertz CT molecular complexity index is 958. The van der Waals surface area contributed by atoms with E-state index in [2.05, 4.69) is 15.3 Å². The van der Waals surface area contributed by atoms with E-state index in [1.165, 1.54) is 0 Å². The maximum absolute atomic E-state index is 12.6. The van der Waals surface area contributed by atoms with Crippen LogP contribution in [-0.2, 0) is 16.1 Å². The highest BCUT2D eigenvalue weighted by atomic mass is 16.2. The fraction of sp³-hybridized carbons (Fsp3) is 0.200. The van der Waals surface area contributed by atoms with E-state index in [0.717, 1.165) is 16.6 Å². The Morgan fingerprint density at radius 3 is 2.85 bits per heavy atom. The number of fused-ring (bicyclic) bond motifs is 1. The largest absolute Gasteiger partial charge is 0.336 e. The lowest BCUT2D eigenvalue weighted by Gasteiger charge is -2.16. The molecule has 0 unspecified atom stereocenters. The highest BCUT2D eigenvalue weighted by Gasteiger charge is 2.34. The summed E-state index contributed by atoms with van der Waals surface area (Å²) in [4.78, 5) is 35.0. The van der Waals surface area contributed by atoms with Crippen LogP contribution in [0.15, 0.2) is 60.9 Å². The average Bonchev–Trinajstić information content (AvgIpc) is 3.03. The van der Waals surface area contributed by atoms with E-state index < -0.39 is 0 Å². The zero-order valence-electron chi connectivity index (χ0n) is 14.1. The molecule has 3 aromatic rings. The van der Waals surface area contributed by atoms with Gasteiger partial charge in [-0.1, -0.05) is 12.1 Å². The maximum Gasteiger partial charge on any atom is 0.229 e. The molecule has 1 atom stereocenters. The number of likely N-dealkylation sites (tertiary alicyclic amines) is 1. The first-order valence-corrected chi connectivity index (χ1v) is 8.52. The summed E-state index contributed by atoms with van der Waals surface area (Å²) in [6.07, 6.45) is 3.67. The summed E-state index contributed by atoms with van der Waals surface area (Å²) in [5.74, 6) is -0.501. The van der Waals surface area contributed by atoms with Crippen LogP contribution in [0.1, 0.15) is 12.1 Å². The summed E-state index contributed by atoms with van der Waals surface area (Å²) in [6, 6.07) is 15.0. The Labute approximate surface area is 150 Å². The van der Waals surface area contributed by atoms with Crippen molar-refractivity contribution in [2.24, 2.45) is 5.92 Å². The SMILES string of the molecule is O=C(Nc1ccc2ncccc2c1)[C@@H]1CC(=O)N(Cc2ccccn2)C1. The highest BCUT2D eigenvalue weighted by molar-refractivity contribution is 5.98. The lowest BCUT2D eigenvalue weighted by Crippen LogP contribution is -2.28. The van der Waals surface area contributed by atoms with Crippen LogP contribution >= 0.6 is 0 Å². The summed E-state index contributed by atoms with van der Waals surface area (Å²) < 4.78 is 0. The second-order valence-electron chi connectivity index (χ2n) is 6.40. The molecule has 0 radical (unpaired) electrons. The van der Waals surface area contributed by atoms with E-state index in [1.807, 2.05) is 48.5 Å². The Balaban J connectivity index is 1.42. The quantitative estimate of drug-likeness (QED) is 0.788. The summed E-state index contributed by atoms with van der Waals surface area (Å²) in [5.41, 5.74) is 2.41. The van der Waals surface area contributed by atoms with Gasteiger partial charge in [0.1, 0.15) is 0 Å². The molecule has 1 saturated heterocycles. The van der Waals surface area contributed by atoms with Gasteiger partial charge in [0.25, 0.3) is 0 Å². The van der Waals surface area contributed by atoms with E-state index in [1.54, 1.807) is 17.3 Å². The monoisotopic (exact) mass is 346 g/mol. The molecule has 1 N–H and O–H groups in total. The minimum atomic E-state index is -0.351. The van der Waals surface area contributed by atoms with Gasteiger partial charge in [0.15, 0.2) is 0 Å². The molecule has 26 heavy (non-hydrogen) atoms. The van der Waals surface area contributed by atoms with Gasteiger partial charge in [-0.15, -0.1) is 0 Å². The van der Waals surface area contributed by atoms with Crippen molar-refractivity contribution in [3.8, 4) is 0 Å². The van der Waals surface area contributed by atoms with Crippen molar-refractivity contribution < 1.29 is 9.59 Å². The number of carbonyl (C=O) groups is 2. The van der Waals surface area contributed by atoms with E-state index >= 15 is 0 Å². The average molecular weight is 346 g/mol. The third-order valence-corrected chi connectivity index (χ3v) is 4.53. The van der Waals surface area contributed by atoms with Gasteiger partial charge in [-0.05, 0) is 36.4 Å². The Morgan fingerprint density at radius 2 is 2.00 bits per heavy atom. The summed E-state index contributed by atoms with van der Waals surface area (Å²) in [6.45, 7) is 0.849. The molecule has 0 spiro atoms. The number of amides is 2. The molecule has 2 amide bonds. The van der Waals surface area contributed by atoms with Crippen molar-refractivity contribution >= 4 is 28.4 Å². The van der Waals surface area contributed by atoms with Crippen molar-refractivity contribution in [2.75, 3.05) is 11.9 Å². The van der Waals surface area contributed by atoms with E-state index in [0.29, 0.717) is 18.8 Å². The number of rotatable bonds is 4. The van der Waals surface area contributed by atoms with Crippen LogP contribution in [-0.4, -0.2) is 33.2 Å². The maximum atomic E-state index is 12.6. The molecular formula is C20H18N4O2. The molecule has 1 aromatic carbocycles. The van der Waals surface area contributed by atoms with Gasteiger partial charge in [0.2, 0.25) is 11.8 Å². The summed E-state index contributed by atoms with van der Waals surface area (Å²) >= 11 is 0. The first-order valence-electron chi connectivity index (χ1n) is 8.52. The number of nitrogens with zero attached hydrogens (tertiary/aromatic N) is 3. The van der Waals surface area contributed by atoms with Crippen molar-refractivity contribution in [1.82, 2.24) is 14.9 Å². The molecule has 6 nitrogen and oxygen atoms in total. The number of carbonyl (C=O) groups excluding carboxylic acids is 2. The second-order valence-corrected chi connectivity index (χ2v) is 6.40. The van der Waals surface area contributed by atoms with Gasteiger partial charge in [0, 0.05) is 36.4 Å². The zero-order valence-corrected chi connectivity index (χ0v) is 14.1. The normalized spacial score (nSPS) is 16.8. The third kappa shape index (κ3) is 3.39. The molecule has 0 saturated carbocycles. The van der Waals surface area contributed by atoms with Gasteiger partial charge >= 0.3 is 0 Å². The van der Waals surface area contributed by atoms with Crippen LogP contribution in [0.4, 0.5) is 5.69 Å². The Hall–Kier alpha value is -3.28. The van der Waals surface area contributed by atoms with Crippen LogP contribution in [0.5, 0.6) is 0 Å². The number of aromatic nitrogens is 2. The zero-order chi connectivity index (χ0) is 17.9. The molecule has 2 aromatic heterocycles. The van der Waals surface area contributed by atoms with Crippen LogP contribution in [0.25, 0.3) is 10.9 Å². The molecule has 4 rings (SSSR count). The second kappa shape index (κ2) is 6.92. The van der Waals surface area contributed by atoms with E-state index in [4.69, 9.17) is 0 Å². The van der Waals surface area contributed by atoms with Crippen molar-refractivity contribution in [3.05, 3.63) is 66.6 Å². The summed E-state index contributed by atoms with van der Waals surface area (Å²) in [5, 5.41) is 3.88. The molecule has 3 heterocycles. The van der Waals surface area contributed by atoms with Crippen LogP contribution in [0.3, 0.4) is 0 Å². The van der Waals surface area contributed by atoms with Gasteiger partial charge in [-0.25, -0.2) is 0 Å². The molecule has 6 heteroatoms. The number of hydrogen-bond donors (Lipinski definition) is 1. The fourth-order valence-electron chi connectivity index (χ4n) is 3.19. The van der Waals surface area contributed by atoms with Crippen LogP contribution in [0, 0.1) is 5.92 Å². The Morgan fingerprint density at radius 1 is 1.12 bits per heavy atom. The topological polar surface area (TPSA) is 75.2 Å². The number of anilines is 1. The van der Waals surface area contributed by atoms with Crippen molar-refractivity contribution in [3.63, 3.8) is 0 Å². The molecule has 0 aliphatic carbocycles. The number of nitrogens with one attached hydrogen (secondary N) is 1. The first-order chi connectivity index (χ1) is 12.7. The van der Waals surface area contributed by atoms with Gasteiger partial charge in [0.05, 0.1) is 23.7 Å². The molecule has 1 aliphatic heterocycles. The molecule has 130 valence electrons. The smallest absolute Gasteiger partial charge is 0.229 e. The Kier molecular flexibility index (Phi) is 4.31. The minimum Gasteiger partial charge on any atom is -0.336 e. The standard InChI is InChI=1S/C20H18N4O2/c25-19-11-15(12-24(19)13-17-5-1-2-8-21-17)20(26)23-16-6-7-18-14(10-16)4-3-9-22-18/h1-10,15H,11-13H2,(H,23,26)/t15-/m1/s1. The molecular weight excluding hydrogens is 328 g/mol. The molecule has 0 bridgehead atoms. The van der Waals surface area contributed by atoms with Crippen molar-refractivity contribution in [2.45, 2.75) is 13.0 Å². The number of benzene rings is 1. The number of pyridine rings is 2. The van der Waals surface area contributed by atoms with Gasteiger partial charge in [-0.3, -0.25) is 19.6 Å². The number of hydrogen-bond acceptors (Lipinski definition) is 4.